The first-order chi connectivity index (χ1) is 19.6. The third-order valence-electron chi connectivity index (χ3n) is 7.52. The van der Waals surface area contributed by atoms with Crippen LogP contribution in [0, 0.1) is 13.8 Å². The Kier molecular flexibility index (Phi) is 10.1. The van der Waals surface area contributed by atoms with Gasteiger partial charge in [0.25, 0.3) is 10.0 Å². The number of hydrogen-bond acceptors (Lipinski definition) is 4. The van der Waals surface area contributed by atoms with E-state index in [0.29, 0.717) is 16.3 Å². The van der Waals surface area contributed by atoms with E-state index in [0.717, 1.165) is 47.5 Å². The molecule has 0 aromatic heterocycles. The Morgan fingerprint density at radius 3 is 2.17 bits per heavy atom. The zero-order valence-corrected chi connectivity index (χ0v) is 25.4. The maximum atomic E-state index is 14.1. The van der Waals surface area contributed by atoms with E-state index in [2.05, 4.69) is 5.32 Å². The van der Waals surface area contributed by atoms with Gasteiger partial charge in [-0.3, -0.25) is 13.9 Å². The summed E-state index contributed by atoms with van der Waals surface area (Å²) in [5.41, 5.74) is 2.79. The molecule has 1 aliphatic carbocycles. The van der Waals surface area contributed by atoms with E-state index in [4.69, 9.17) is 11.6 Å². The summed E-state index contributed by atoms with van der Waals surface area (Å²) in [6.45, 7) is 5.02. The minimum atomic E-state index is -4.11. The van der Waals surface area contributed by atoms with Crippen LogP contribution in [0.4, 0.5) is 5.69 Å². The Bertz CT molecular complexity index is 1450. The number of halogens is 1. The van der Waals surface area contributed by atoms with E-state index in [-0.39, 0.29) is 23.4 Å². The van der Waals surface area contributed by atoms with Gasteiger partial charge in [-0.05, 0) is 80.6 Å². The minimum absolute atomic E-state index is 0.0594. The monoisotopic (exact) mass is 595 g/mol. The third kappa shape index (κ3) is 7.68. The SMILES string of the molecule is Cc1cc(C)cc(N(CC(=O)N(Cc2ccccc2Cl)[C@@H](C)C(=O)NC2CCCCC2)S(=O)(=O)c2ccccc2)c1. The third-order valence-corrected chi connectivity index (χ3v) is 9.68. The standard InChI is InChI=1S/C32H38ClN3O4S/c1-23-18-24(2)20-28(19-23)36(41(39,40)29-15-8-5-9-16-29)22-31(37)35(21-26-12-10-11-17-30(26)33)25(3)32(38)34-27-13-6-4-7-14-27/h5,8-12,15-20,25,27H,4,6-7,13-14,21-22H2,1-3H3,(H,34,38)/t25-/m0/s1. The van der Waals surface area contributed by atoms with Gasteiger partial charge in [0.1, 0.15) is 12.6 Å². The van der Waals surface area contributed by atoms with Crippen LogP contribution >= 0.6 is 11.6 Å². The second kappa shape index (κ2) is 13.5. The van der Waals surface area contributed by atoms with Crippen LogP contribution in [0.5, 0.6) is 0 Å². The zero-order chi connectivity index (χ0) is 29.6. The highest BCUT2D eigenvalue weighted by atomic mass is 35.5. The maximum Gasteiger partial charge on any atom is 0.264 e. The molecule has 2 amide bonds. The molecule has 0 bridgehead atoms. The van der Waals surface area contributed by atoms with Crippen LogP contribution < -0.4 is 9.62 Å². The number of rotatable bonds is 10. The van der Waals surface area contributed by atoms with E-state index >= 15 is 0 Å². The van der Waals surface area contributed by atoms with Gasteiger partial charge >= 0.3 is 0 Å². The average Bonchev–Trinajstić information content (AvgIpc) is 2.95. The second-order valence-electron chi connectivity index (χ2n) is 10.8. The fourth-order valence-corrected chi connectivity index (χ4v) is 6.92. The lowest BCUT2D eigenvalue weighted by Crippen LogP contribution is -2.53. The first-order valence-corrected chi connectivity index (χ1v) is 15.9. The lowest BCUT2D eigenvalue weighted by molar-refractivity contribution is -0.139. The van der Waals surface area contributed by atoms with Crippen molar-refractivity contribution in [2.75, 3.05) is 10.8 Å². The van der Waals surface area contributed by atoms with Crippen molar-refractivity contribution in [1.82, 2.24) is 10.2 Å². The summed E-state index contributed by atoms with van der Waals surface area (Å²) in [5, 5.41) is 3.58. The Labute approximate surface area is 248 Å². The van der Waals surface area contributed by atoms with Crippen LogP contribution in [0.1, 0.15) is 55.7 Å². The summed E-state index contributed by atoms with van der Waals surface area (Å²) in [5.74, 6) is -0.768. The number of amides is 2. The molecular formula is C32H38ClN3O4S. The van der Waals surface area contributed by atoms with Gasteiger partial charge in [0, 0.05) is 17.6 Å². The maximum absolute atomic E-state index is 14.1. The number of carbonyl (C=O) groups excluding carboxylic acids is 2. The van der Waals surface area contributed by atoms with Crippen molar-refractivity contribution >= 4 is 39.1 Å². The van der Waals surface area contributed by atoms with Crippen LogP contribution in [0.15, 0.2) is 77.7 Å². The highest BCUT2D eigenvalue weighted by Gasteiger charge is 2.33. The quantitative estimate of drug-likeness (QED) is 0.311. The largest absolute Gasteiger partial charge is 0.352 e. The molecule has 3 aromatic rings. The molecule has 4 rings (SSSR count). The summed E-state index contributed by atoms with van der Waals surface area (Å²) < 4.78 is 29.0. The predicted octanol–water partition coefficient (Wildman–Crippen LogP) is 6.02. The van der Waals surface area contributed by atoms with Crippen LogP contribution in [-0.2, 0) is 26.2 Å². The molecule has 1 atom stereocenters. The van der Waals surface area contributed by atoms with E-state index in [1.807, 2.05) is 26.0 Å². The molecule has 0 heterocycles. The van der Waals surface area contributed by atoms with Crippen molar-refractivity contribution in [3.63, 3.8) is 0 Å². The molecule has 1 N–H and O–H groups in total. The number of hydrogen-bond donors (Lipinski definition) is 1. The highest BCUT2D eigenvalue weighted by Crippen LogP contribution is 2.27. The zero-order valence-electron chi connectivity index (χ0n) is 23.8. The van der Waals surface area contributed by atoms with Crippen molar-refractivity contribution < 1.29 is 18.0 Å². The molecule has 0 spiro atoms. The normalized spacial score (nSPS) is 14.7. The number of anilines is 1. The van der Waals surface area contributed by atoms with E-state index in [1.165, 1.54) is 17.0 Å². The lowest BCUT2D eigenvalue weighted by atomic mass is 9.95. The first-order valence-electron chi connectivity index (χ1n) is 14.1. The number of carbonyl (C=O) groups is 2. The molecule has 1 aliphatic rings. The van der Waals surface area contributed by atoms with Gasteiger partial charge in [-0.15, -0.1) is 0 Å². The summed E-state index contributed by atoms with van der Waals surface area (Å²) in [6.07, 6.45) is 5.09. The van der Waals surface area contributed by atoms with E-state index in [1.54, 1.807) is 55.5 Å². The number of aryl methyl sites for hydroxylation is 2. The van der Waals surface area contributed by atoms with Gasteiger partial charge in [-0.25, -0.2) is 8.42 Å². The van der Waals surface area contributed by atoms with Crippen LogP contribution in [0.25, 0.3) is 0 Å². The molecule has 0 radical (unpaired) electrons. The molecule has 218 valence electrons. The van der Waals surface area contributed by atoms with Crippen molar-refractivity contribution in [2.45, 2.75) is 76.4 Å². The van der Waals surface area contributed by atoms with Crippen LogP contribution in [0.2, 0.25) is 5.02 Å². The van der Waals surface area contributed by atoms with Gasteiger partial charge in [-0.2, -0.15) is 0 Å². The van der Waals surface area contributed by atoms with Gasteiger partial charge in [0.15, 0.2) is 0 Å². The number of nitrogens with one attached hydrogen (secondary N) is 1. The number of benzene rings is 3. The van der Waals surface area contributed by atoms with Gasteiger partial charge in [0.05, 0.1) is 10.6 Å². The van der Waals surface area contributed by atoms with E-state index < -0.39 is 28.5 Å². The number of sulfonamides is 1. The van der Waals surface area contributed by atoms with Crippen molar-refractivity contribution in [3.8, 4) is 0 Å². The smallest absolute Gasteiger partial charge is 0.264 e. The number of nitrogens with zero attached hydrogens (tertiary/aromatic N) is 2. The van der Waals surface area contributed by atoms with Gasteiger partial charge in [-0.1, -0.05) is 73.3 Å². The molecule has 1 fully saturated rings. The predicted molar refractivity (Wildman–Crippen MR) is 163 cm³/mol. The average molecular weight is 596 g/mol. The lowest BCUT2D eigenvalue weighted by Gasteiger charge is -2.33. The van der Waals surface area contributed by atoms with Crippen molar-refractivity contribution in [3.05, 3.63) is 94.5 Å². The summed E-state index contributed by atoms with van der Waals surface area (Å²) in [7, 11) is -4.11. The molecule has 0 unspecified atom stereocenters. The Balaban J connectivity index is 1.70. The highest BCUT2D eigenvalue weighted by molar-refractivity contribution is 7.92. The fourth-order valence-electron chi connectivity index (χ4n) is 5.30. The molecule has 3 aromatic carbocycles. The van der Waals surface area contributed by atoms with Crippen molar-refractivity contribution in [1.29, 1.82) is 0 Å². The molecule has 0 saturated heterocycles. The van der Waals surface area contributed by atoms with Gasteiger partial charge < -0.3 is 10.2 Å². The molecular weight excluding hydrogens is 558 g/mol. The topological polar surface area (TPSA) is 86.8 Å². The minimum Gasteiger partial charge on any atom is -0.352 e. The molecule has 41 heavy (non-hydrogen) atoms. The fraction of sp³-hybridized carbons (Fsp3) is 0.375. The molecule has 7 nitrogen and oxygen atoms in total. The molecule has 0 aliphatic heterocycles. The van der Waals surface area contributed by atoms with Gasteiger partial charge in [0.2, 0.25) is 11.8 Å². The van der Waals surface area contributed by atoms with E-state index in [9.17, 15) is 18.0 Å². The van der Waals surface area contributed by atoms with Crippen molar-refractivity contribution in [2.24, 2.45) is 0 Å². The van der Waals surface area contributed by atoms with Crippen LogP contribution in [-0.4, -0.2) is 43.8 Å². The molecule has 1 saturated carbocycles. The summed E-state index contributed by atoms with van der Waals surface area (Å²) in [6, 6.07) is 19.9. The second-order valence-corrected chi connectivity index (χ2v) is 13.1. The van der Waals surface area contributed by atoms with Crippen LogP contribution in [0.3, 0.4) is 0 Å². The summed E-state index contributed by atoms with van der Waals surface area (Å²) >= 11 is 6.46. The summed E-state index contributed by atoms with van der Waals surface area (Å²) in [4.78, 5) is 29.1. The Hall–Kier alpha value is -3.36. The molecule has 9 heteroatoms. The Morgan fingerprint density at radius 2 is 1.54 bits per heavy atom. The Morgan fingerprint density at radius 1 is 0.927 bits per heavy atom. The first kappa shape index (κ1) is 30.6.